The number of rotatable bonds is 12. The van der Waals surface area contributed by atoms with Crippen LogP contribution in [0.25, 0.3) is 0 Å². The fraction of sp³-hybridized carbons (Fsp3) is 0.882. The van der Waals surface area contributed by atoms with E-state index in [1.165, 1.54) is 20.0 Å². The van der Waals surface area contributed by atoms with Crippen LogP contribution in [0.4, 0.5) is 0 Å². The van der Waals surface area contributed by atoms with Gasteiger partial charge in [0.2, 0.25) is 5.91 Å². The van der Waals surface area contributed by atoms with Crippen LogP contribution in [-0.2, 0) is 14.3 Å². The molecule has 4 heteroatoms. The average Bonchev–Trinajstić information content (AvgIpc) is 2.47. The van der Waals surface area contributed by atoms with Gasteiger partial charge in [-0.2, -0.15) is 0 Å². The first-order valence-electron chi connectivity index (χ1n) is 8.35. The molecule has 1 amide bonds. The molecular weight excluding hydrogens is 266 g/mol. The Balaban J connectivity index is 4.38. The van der Waals surface area contributed by atoms with E-state index in [0.29, 0.717) is 6.54 Å². The van der Waals surface area contributed by atoms with Crippen LogP contribution in [0, 0.1) is 5.41 Å². The van der Waals surface area contributed by atoms with E-state index in [-0.39, 0.29) is 23.7 Å². The molecular formula is C17H33NO3. The number of carbonyl (C=O) groups is 2. The van der Waals surface area contributed by atoms with Crippen LogP contribution in [0.5, 0.6) is 0 Å². The summed E-state index contributed by atoms with van der Waals surface area (Å²) in [5.74, 6) is -0.201. The zero-order valence-corrected chi connectivity index (χ0v) is 14.3. The average molecular weight is 299 g/mol. The van der Waals surface area contributed by atoms with E-state index in [9.17, 15) is 9.59 Å². The Morgan fingerprint density at radius 3 is 1.95 bits per heavy atom. The second-order valence-corrected chi connectivity index (χ2v) is 6.06. The van der Waals surface area contributed by atoms with Gasteiger partial charge in [-0.1, -0.05) is 59.3 Å². The van der Waals surface area contributed by atoms with Gasteiger partial charge in [-0.3, -0.25) is 9.59 Å². The van der Waals surface area contributed by atoms with Gasteiger partial charge in [-0.25, -0.2) is 0 Å². The number of ether oxygens (including phenoxy) is 1. The molecule has 21 heavy (non-hydrogen) atoms. The smallest absolute Gasteiger partial charge is 0.307 e. The van der Waals surface area contributed by atoms with Crippen molar-refractivity contribution in [2.45, 2.75) is 78.6 Å². The monoisotopic (exact) mass is 299 g/mol. The normalized spacial score (nSPS) is 11.2. The molecule has 0 bridgehead atoms. The maximum Gasteiger partial charge on any atom is 0.307 e. The number of amides is 1. The quantitative estimate of drug-likeness (QED) is 0.440. The summed E-state index contributed by atoms with van der Waals surface area (Å²) in [6.07, 6.45) is 8.92. The Kier molecular flexibility index (Phi) is 11.0. The van der Waals surface area contributed by atoms with Crippen LogP contribution in [0.1, 0.15) is 78.6 Å². The molecule has 0 aromatic rings. The summed E-state index contributed by atoms with van der Waals surface area (Å²) in [5.41, 5.74) is -0.305. The SMILES string of the molecule is CCCCCC(C)(CCCCC)C(=O)NCCC(=O)OC. The first kappa shape index (κ1) is 19.9. The summed E-state index contributed by atoms with van der Waals surface area (Å²) in [4.78, 5) is 23.6. The third-order valence-corrected chi connectivity index (χ3v) is 4.05. The maximum absolute atomic E-state index is 12.5. The van der Waals surface area contributed by atoms with Gasteiger partial charge in [0, 0.05) is 12.0 Å². The lowest BCUT2D eigenvalue weighted by molar-refractivity contribution is -0.140. The second kappa shape index (κ2) is 11.6. The molecule has 4 nitrogen and oxygen atoms in total. The molecule has 0 aromatic carbocycles. The zero-order chi connectivity index (χ0) is 16.1. The number of carbonyl (C=O) groups excluding carboxylic acids is 2. The van der Waals surface area contributed by atoms with E-state index in [4.69, 9.17) is 0 Å². The van der Waals surface area contributed by atoms with Gasteiger partial charge >= 0.3 is 5.97 Å². The number of hydrogen-bond donors (Lipinski definition) is 1. The second-order valence-electron chi connectivity index (χ2n) is 6.06. The summed E-state index contributed by atoms with van der Waals surface area (Å²) in [6.45, 7) is 6.77. The third-order valence-electron chi connectivity index (χ3n) is 4.05. The molecule has 0 rings (SSSR count). The molecule has 124 valence electrons. The van der Waals surface area contributed by atoms with E-state index in [2.05, 4.69) is 30.8 Å². The lowest BCUT2D eigenvalue weighted by Crippen LogP contribution is -2.40. The molecule has 0 aliphatic heterocycles. The molecule has 0 heterocycles. The Hall–Kier alpha value is -1.06. The largest absolute Gasteiger partial charge is 0.469 e. The van der Waals surface area contributed by atoms with Gasteiger partial charge in [0.15, 0.2) is 0 Å². The molecule has 0 aliphatic carbocycles. The van der Waals surface area contributed by atoms with Crippen LogP contribution in [-0.4, -0.2) is 25.5 Å². The lowest BCUT2D eigenvalue weighted by Gasteiger charge is -2.28. The predicted octanol–water partition coefficient (Wildman–Crippen LogP) is 3.83. The van der Waals surface area contributed by atoms with Gasteiger partial charge in [-0.05, 0) is 12.8 Å². The number of unbranched alkanes of at least 4 members (excludes halogenated alkanes) is 4. The van der Waals surface area contributed by atoms with Crippen molar-refractivity contribution < 1.29 is 14.3 Å². The van der Waals surface area contributed by atoms with Crippen molar-refractivity contribution in [3.63, 3.8) is 0 Å². The lowest BCUT2D eigenvalue weighted by atomic mass is 9.79. The highest BCUT2D eigenvalue weighted by molar-refractivity contribution is 5.82. The first-order chi connectivity index (χ1) is 10.00. The standard InChI is InChI=1S/C17H33NO3/c1-5-7-9-12-17(3,13-10-8-6-2)16(20)18-14-11-15(19)21-4/h5-14H2,1-4H3,(H,18,20). The Morgan fingerprint density at radius 1 is 1.00 bits per heavy atom. The minimum Gasteiger partial charge on any atom is -0.469 e. The van der Waals surface area contributed by atoms with Crippen molar-refractivity contribution in [3.8, 4) is 0 Å². The Labute approximate surface area is 130 Å². The van der Waals surface area contributed by atoms with Gasteiger partial charge in [0.25, 0.3) is 0 Å². The molecule has 0 spiro atoms. The predicted molar refractivity (Wildman–Crippen MR) is 86.0 cm³/mol. The molecule has 0 unspecified atom stereocenters. The summed E-state index contributed by atoms with van der Waals surface area (Å²) in [5, 5.41) is 2.90. The van der Waals surface area contributed by atoms with Crippen molar-refractivity contribution in [2.75, 3.05) is 13.7 Å². The Bertz CT molecular complexity index is 292. The van der Waals surface area contributed by atoms with Crippen LogP contribution in [0.2, 0.25) is 0 Å². The molecule has 0 atom stereocenters. The maximum atomic E-state index is 12.5. The van der Waals surface area contributed by atoms with E-state index in [1.54, 1.807) is 0 Å². The Morgan fingerprint density at radius 2 is 1.52 bits per heavy atom. The third kappa shape index (κ3) is 8.74. The number of methoxy groups -OCH3 is 1. The minimum atomic E-state index is -0.305. The fourth-order valence-electron chi connectivity index (χ4n) is 2.48. The number of hydrogen-bond acceptors (Lipinski definition) is 3. The number of esters is 1. The van der Waals surface area contributed by atoms with Crippen LogP contribution >= 0.6 is 0 Å². The molecule has 0 saturated carbocycles. The highest BCUT2D eigenvalue weighted by atomic mass is 16.5. The van der Waals surface area contributed by atoms with Crippen molar-refractivity contribution in [1.29, 1.82) is 0 Å². The highest BCUT2D eigenvalue weighted by Gasteiger charge is 2.31. The summed E-state index contributed by atoms with van der Waals surface area (Å²) in [6, 6.07) is 0. The highest BCUT2D eigenvalue weighted by Crippen LogP contribution is 2.31. The summed E-state index contributed by atoms with van der Waals surface area (Å²) < 4.78 is 4.59. The minimum absolute atomic E-state index is 0.0820. The van der Waals surface area contributed by atoms with E-state index >= 15 is 0 Å². The molecule has 0 fully saturated rings. The van der Waals surface area contributed by atoms with Crippen LogP contribution < -0.4 is 5.32 Å². The zero-order valence-electron chi connectivity index (χ0n) is 14.3. The fourth-order valence-corrected chi connectivity index (χ4v) is 2.48. The van der Waals surface area contributed by atoms with Crippen molar-refractivity contribution >= 4 is 11.9 Å². The van der Waals surface area contributed by atoms with Gasteiger partial charge in [0.05, 0.1) is 13.5 Å². The van der Waals surface area contributed by atoms with E-state index in [1.807, 2.05) is 0 Å². The molecule has 0 radical (unpaired) electrons. The van der Waals surface area contributed by atoms with Gasteiger partial charge in [0.1, 0.15) is 0 Å². The number of nitrogens with one attached hydrogen (secondary N) is 1. The van der Waals surface area contributed by atoms with Gasteiger partial charge in [-0.15, -0.1) is 0 Å². The van der Waals surface area contributed by atoms with E-state index < -0.39 is 0 Å². The van der Waals surface area contributed by atoms with Crippen molar-refractivity contribution in [2.24, 2.45) is 5.41 Å². The first-order valence-corrected chi connectivity index (χ1v) is 8.35. The van der Waals surface area contributed by atoms with Crippen LogP contribution in [0.15, 0.2) is 0 Å². The van der Waals surface area contributed by atoms with E-state index in [0.717, 1.165) is 38.5 Å². The van der Waals surface area contributed by atoms with Gasteiger partial charge < -0.3 is 10.1 Å². The molecule has 0 aromatic heterocycles. The summed E-state index contributed by atoms with van der Waals surface area (Å²) >= 11 is 0. The topological polar surface area (TPSA) is 55.4 Å². The van der Waals surface area contributed by atoms with Crippen LogP contribution in [0.3, 0.4) is 0 Å². The molecule has 1 N–H and O–H groups in total. The van der Waals surface area contributed by atoms with Crippen molar-refractivity contribution in [1.82, 2.24) is 5.32 Å². The molecule has 0 aliphatic rings. The molecule has 0 saturated heterocycles. The van der Waals surface area contributed by atoms with Crippen molar-refractivity contribution in [3.05, 3.63) is 0 Å². The summed E-state index contributed by atoms with van der Waals surface area (Å²) in [7, 11) is 1.36.